The van der Waals surface area contributed by atoms with Crippen LogP contribution < -0.4 is 5.32 Å². The van der Waals surface area contributed by atoms with Crippen LogP contribution in [0, 0.1) is 6.92 Å². The first-order valence-corrected chi connectivity index (χ1v) is 6.53. The Balaban J connectivity index is 1.66. The molecule has 3 heterocycles. The van der Waals surface area contributed by atoms with E-state index in [9.17, 15) is 0 Å². The number of pyridine rings is 1. The van der Waals surface area contributed by atoms with E-state index < -0.39 is 0 Å². The SMILES string of the molecule is Cc1c(CCNc2ccc3nccnc3n2)cnn1C. The minimum Gasteiger partial charge on any atom is -0.370 e. The van der Waals surface area contributed by atoms with Crippen molar-refractivity contribution in [2.75, 3.05) is 11.9 Å². The van der Waals surface area contributed by atoms with Crippen LogP contribution in [0.15, 0.2) is 30.7 Å². The van der Waals surface area contributed by atoms with Gasteiger partial charge in [0.1, 0.15) is 11.3 Å². The first kappa shape index (κ1) is 12.5. The van der Waals surface area contributed by atoms with Crippen molar-refractivity contribution in [2.45, 2.75) is 13.3 Å². The second kappa shape index (κ2) is 5.24. The van der Waals surface area contributed by atoms with Crippen molar-refractivity contribution >= 4 is 17.0 Å². The van der Waals surface area contributed by atoms with E-state index in [1.54, 1.807) is 12.4 Å². The number of aromatic nitrogens is 5. The lowest BCUT2D eigenvalue weighted by Gasteiger charge is -2.06. The lowest BCUT2D eigenvalue weighted by molar-refractivity contribution is 0.737. The van der Waals surface area contributed by atoms with Crippen molar-refractivity contribution < 1.29 is 0 Å². The summed E-state index contributed by atoms with van der Waals surface area (Å²) in [4.78, 5) is 12.8. The molecule has 0 fully saturated rings. The van der Waals surface area contributed by atoms with E-state index in [-0.39, 0.29) is 0 Å². The molecule has 3 aromatic heterocycles. The van der Waals surface area contributed by atoms with Crippen molar-refractivity contribution in [3.8, 4) is 0 Å². The fourth-order valence-electron chi connectivity index (χ4n) is 2.07. The molecule has 0 radical (unpaired) electrons. The zero-order chi connectivity index (χ0) is 13.9. The highest BCUT2D eigenvalue weighted by Gasteiger charge is 2.04. The van der Waals surface area contributed by atoms with Gasteiger partial charge in [0.25, 0.3) is 0 Å². The summed E-state index contributed by atoms with van der Waals surface area (Å²) in [7, 11) is 1.95. The Bertz CT molecular complexity index is 733. The highest BCUT2D eigenvalue weighted by molar-refractivity contribution is 5.71. The zero-order valence-electron chi connectivity index (χ0n) is 11.5. The normalized spacial score (nSPS) is 10.9. The van der Waals surface area contributed by atoms with Crippen LogP contribution in [0.25, 0.3) is 11.2 Å². The van der Waals surface area contributed by atoms with Crippen molar-refractivity contribution in [1.82, 2.24) is 24.7 Å². The molecule has 0 amide bonds. The molecule has 0 atom stereocenters. The molecule has 0 aliphatic carbocycles. The first-order valence-electron chi connectivity index (χ1n) is 6.53. The quantitative estimate of drug-likeness (QED) is 0.780. The molecule has 3 rings (SSSR count). The van der Waals surface area contributed by atoms with Crippen LogP contribution >= 0.6 is 0 Å². The van der Waals surface area contributed by atoms with E-state index in [0.29, 0.717) is 5.65 Å². The number of fused-ring (bicyclic) bond motifs is 1. The number of anilines is 1. The van der Waals surface area contributed by atoms with Gasteiger partial charge in [-0.2, -0.15) is 5.10 Å². The second-order valence-electron chi connectivity index (χ2n) is 4.65. The summed E-state index contributed by atoms with van der Waals surface area (Å²) in [5, 5.41) is 7.54. The number of nitrogens with one attached hydrogen (secondary N) is 1. The van der Waals surface area contributed by atoms with Gasteiger partial charge in [-0.05, 0) is 31.0 Å². The average molecular weight is 268 g/mol. The summed E-state index contributed by atoms with van der Waals surface area (Å²) >= 11 is 0. The lowest BCUT2D eigenvalue weighted by Crippen LogP contribution is -2.07. The van der Waals surface area contributed by atoms with Gasteiger partial charge in [-0.25, -0.2) is 9.97 Å². The maximum absolute atomic E-state index is 4.43. The van der Waals surface area contributed by atoms with E-state index in [1.165, 1.54) is 11.3 Å². The maximum Gasteiger partial charge on any atom is 0.180 e. The van der Waals surface area contributed by atoms with E-state index in [1.807, 2.05) is 30.1 Å². The van der Waals surface area contributed by atoms with Crippen molar-refractivity contribution in [2.24, 2.45) is 7.05 Å². The van der Waals surface area contributed by atoms with E-state index in [2.05, 4.69) is 32.3 Å². The Morgan fingerprint density at radius 2 is 2.05 bits per heavy atom. The standard InChI is InChI=1S/C14H16N6/c1-10-11(9-18-20(10)2)5-6-16-13-4-3-12-14(19-13)17-8-7-15-12/h3-4,7-9H,5-6H2,1-2H3,(H,16,17,19). The number of rotatable bonds is 4. The molecule has 6 heteroatoms. The van der Waals surface area contributed by atoms with E-state index >= 15 is 0 Å². The molecule has 0 saturated heterocycles. The molecule has 0 aliphatic heterocycles. The molecule has 6 nitrogen and oxygen atoms in total. The average Bonchev–Trinajstić information content (AvgIpc) is 2.79. The van der Waals surface area contributed by atoms with Crippen LogP contribution in [0.5, 0.6) is 0 Å². The summed E-state index contributed by atoms with van der Waals surface area (Å²) in [6.07, 6.45) is 6.15. The van der Waals surface area contributed by atoms with Gasteiger partial charge < -0.3 is 5.32 Å². The largest absolute Gasteiger partial charge is 0.370 e. The minimum atomic E-state index is 0.662. The van der Waals surface area contributed by atoms with Gasteiger partial charge in [-0.3, -0.25) is 9.67 Å². The van der Waals surface area contributed by atoms with Crippen LogP contribution in [-0.2, 0) is 13.5 Å². The molecule has 0 unspecified atom stereocenters. The third kappa shape index (κ3) is 2.45. The number of hydrogen-bond acceptors (Lipinski definition) is 5. The molecule has 0 saturated carbocycles. The third-order valence-corrected chi connectivity index (χ3v) is 3.37. The summed E-state index contributed by atoms with van der Waals surface area (Å²) in [5.41, 5.74) is 3.92. The van der Waals surface area contributed by atoms with E-state index in [0.717, 1.165) is 24.3 Å². The predicted molar refractivity (Wildman–Crippen MR) is 77.5 cm³/mol. The monoisotopic (exact) mass is 268 g/mol. The fourth-order valence-corrected chi connectivity index (χ4v) is 2.07. The summed E-state index contributed by atoms with van der Waals surface area (Å²) < 4.78 is 1.89. The Hall–Kier alpha value is -2.50. The Labute approximate surface area is 116 Å². The van der Waals surface area contributed by atoms with Gasteiger partial charge in [-0.15, -0.1) is 0 Å². The number of aryl methyl sites for hydroxylation is 1. The van der Waals surface area contributed by atoms with Crippen molar-refractivity contribution in [3.63, 3.8) is 0 Å². The molecule has 1 N–H and O–H groups in total. The molecule has 0 aliphatic rings. The first-order chi connectivity index (χ1) is 9.74. The fraction of sp³-hybridized carbons (Fsp3) is 0.286. The maximum atomic E-state index is 4.43. The topological polar surface area (TPSA) is 68.5 Å². The molecule has 3 aromatic rings. The highest BCUT2D eigenvalue weighted by Crippen LogP contribution is 2.11. The van der Waals surface area contributed by atoms with Gasteiger partial charge in [0, 0.05) is 31.7 Å². The summed E-state index contributed by atoms with van der Waals surface area (Å²) in [5.74, 6) is 0.819. The Kier molecular flexibility index (Phi) is 3.28. The number of hydrogen-bond donors (Lipinski definition) is 1. The third-order valence-electron chi connectivity index (χ3n) is 3.37. The lowest BCUT2D eigenvalue weighted by atomic mass is 10.2. The van der Waals surface area contributed by atoms with Crippen LogP contribution in [-0.4, -0.2) is 31.3 Å². The van der Waals surface area contributed by atoms with Gasteiger partial charge >= 0.3 is 0 Å². The predicted octanol–water partition coefficient (Wildman–Crippen LogP) is 1.72. The molecule has 0 bridgehead atoms. The van der Waals surface area contributed by atoms with Gasteiger partial charge in [-0.1, -0.05) is 0 Å². The highest BCUT2D eigenvalue weighted by atomic mass is 15.3. The summed E-state index contributed by atoms with van der Waals surface area (Å²) in [6.45, 7) is 2.89. The smallest absolute Gasteiger partial charge is 0.180 e. The minimum absolute atomic E-state index is 0.662. The van der Waals surface area contributed by atoms with E-state index in [4.69, 9.17) is 0 Å². The molecular weight excluding hydrogens is 252 g/mol. The molecule has 102 valence electrons. The zero-order valence-corrected chi connectivity index (χ0v) is 11.5. The summed E-state index contributed by atoms with van der Waals surface area (Å²) in [6, 6.07) is 3.85. The Morgan fingerprint density at radius 3 is 2.85 bits per heavy atom. The molecular formula is C14H16N6. The van der Waals surface area contributed by atoms with Gasteiger partial charge in [0.15, 0.2) is 5.65 Å². The van der Waals surface area contributed by atoms with Crippen LogP contribution in [0.4, 0.5) is 5.82 Å². The van der Waals surface area contributed by atoms with Gasteiger partial charge in [0.05, 0.1) is 6.20 Å². The van der Waals surface area contributed by atoms with Crippen LogP contribution in [0.1, 0.15) is 11.3 Å². The molecule has 20 heavy (non-hydrogen) atoms. The Morgan fingerprint density at radius 1 is 1.20 bits per heavy atom. The van der Waals surface area contributed by atoms with Crippen LogP contribution in [0.3, 0.4) is 0 Å². The number of nitrogens with zero attached hydrogens (tertiary/aromatic N) is 5. The van der Waals surface area contributed by atoms with Crippen molar-refractivity contribution in [1.29, 1.82) is 0 Å². The molecule has 0 spiro atoms. The second-order valence-corrected chi connectivity index (χ2v) is 4.65. The van der Waals surface area contributed by atoms with Crippen molar-refractivity contribution in [3.05, 3.63) is 42.0 Å². The van der Waals surface area contributed by atoms with Gasteiger partial charge in [0.2, 0.25) is 0 Å². The molecule has 0 aromatic carbocycles. The van der Waals surface area contributed by atoms with Crippen LogP contribution in [0.2, 0.25) is 0 Å².